The number of fused-ring (bicyclic) bond motifs is 1. The molecule has 0 aliphatic heterocycles. The van der Waals surface area contributed by atoms with Gasteiger partial charge in [0.25, 0.3) is 5.56 Å². The monoisotopic (exact) mass is 473 g/mol. The lowest BCUT2D eigenvalue weighted by Gasteiger charge is -2.17. The number of hydrogen-bond donors (Lipinski definition) is 1. The summed E-state index contributed by atoms with van der Waals surface area (Å²) in [6.45, 7) is 3.24. The summed E-state index contributed by atoms with van der Waals surface area (Å²) in [7, 11) is 1.56. The highest BCUT2D eigenvalue weighted by Crippen LogP contribution is 2.27. The van der Waals surface area contributed by atoms with Gasteiger partial charge in [0.1, 0.15) is 5.75 Å². The molecule has 1 heterocycles. The van der Waals surface area contributed by atoms with Crippen molar-refractivity contribution in [3.8, 4) is 11.4 Å². The standard InChI is InChI=1S/C26H23N3O4S/c1-16(30)18-11-13-19(14-12-18)27-24(31)17(2)34-26-28-23-10-5-4-9-22(23)25(32)29(26)20-7-6-8-21(15-20)33-3/h4-15,17H,1-3H3,(H,27,31). The Bertz CT molecular complexity index is 1430. The summed E-state index contributed by atoms with van der Waals surface area (Å²) in [4.78, 5) is 42.5. The SMILES string of the molecule is COc1cccc(-n2c(SC(C)C(=O)Nc3ccc(C(C)=O)cc3)nc3ccccc3c2=O)c1. The maximum Gasteiger partial charge on any atom is 0.266 e. The molecule has 7 nitrogen and oxygen atoms in total. The number of nitrogens with zero attached hydrogens (tertiary/aromatic N) is 2. The Morgan fingerprint density at radius 1 is 1.03 bits per heavy atom. The molecular weight excluding hydrogens is 450 g/mol. The second-order valence-electron chi connectivity index (χ2n) is 7.64. The second-order valence-corrected chi connectivity index (χ2v) is 8.94. The summed E-state index contributed by atoms with van der Waals surface area (Å²) >= 11 is 1.19. The molecule has 8 heteroatoms. The highest BCUT2D eigenvalue weighted by atomic mass is 32.2. The molecule has 1 amide bonds. The van der Waals surface area contributed by atoms with Crippen LogP contribution in [0.15, 0.2) is 82.7 Å². The highest BCUT2D eigenvalue weighted by Gasteiger charge is 2.21. The summed E-state index contributed by atoms with van der Waals surface area (Å²) in [6.07, 6.45) is 0. The third-order valence-corrected chi connectivity index (χ3v) is 6.32. The van der Waals surface area contributed by atoms with Crippen molar-refractivity contribution >= 4 is 40.0 Å². The number of benzene rings is 3. The molecule has 0 saturated heterocycles. The molecule has 0 aliphatic rings. The predicted molar refractivity (Wildman–Crippen MR) is 134 cm³/mol. The Hall–Kier alpha value is -3.91. The van der Waals surface area contributed by atoms with E-state index in [0.717, 1.165) is 0 Å². The molecule has 0 radical (unpaired) electrons. The largest absolute Gasteiger partial charge is 0.497 e. The molecule has 3 aromatic carbocycles. The van der Waals surface area contributed by atoms with E-state index in [9.17, 15) is 14.4 Å². The van der Waals surface area contributed by atoms with Gasteiger partial charge in [0.15, 0.2) is 10.9 Å². The molecule has 4 rings (SSSR count). The summed E-state index contributed by atoms with van der Waals surface area (Å²) in [5.41, 5.74) is 2.08. The molecule has 1 unspecified atom stereocenters. The van der Waals surface area contributed by atoms with Crippen molar-refractivity contribution < 1.29 is 14.3 Å². The van der Waals surface area contributed by atoms with Crippen LogP contribution in [0.1, 0.15) is 24.2 Å². The van der Waals surface area contributed by atoms with Crippen LogP contribution in [0.4, 0.5) is 5.69 Å². The molecule has 0 spiro atoms. The Kier molecular flexibility index (Phi) is 6.79. The van der Waals surface area contributed by atoms with Gasteiger partial charge in [0.2, 0.25) is 5.91 Å². The van der Waals surface area contributed by atoms with E-state index in [4.69, 9.17) is 9.72 Å². The van der Waals surface area contributed by atoms with E-state index in [0.29, 0.717) is 38.7 Å². The third kappa shape index (κ3) is 4.87. The first-order chi connectivity index (χ1) is 16.4. The summed E-state index contributed by atoms with van der Waals surface area (Å²) in [5, 5.41) is 3.17. The number of aromatic nitrogens is 2. The number of amides is 1. The number of ether oxygens (including phenoxy) is 1. The average Bonchev–Trinajstić information content (AvgIpc) is 2.84. The van der Waals surface area contributed by atoms with E-state index in [-0.39, 0.29) is 17.2 Å². The molecule has 1 aromatic heterocycles. The topological polar surface area (TPSA) is 90.3 Å². The minimum absolute atomic E-state index is 0.0420. The number of rotatable bonds is 7. The maximum atomic E-state index is 13.4. The zero-order valence-electron chi connectivity index (χ0n) is 18.9. The zero-order valence-corrected chi connectivity index (χ0v) is 19.8. The van der Waals surface area contributed by atoms with E-state index < -0.39 is 5.25 Å². The number of carbonyl (C=O) groups excluding carboxylic acids is 2. The molecule has 0 aliphatic carbocycles. The van der Waals surface area contributed by atoms with Gasteiger partial charge in [-0.25, -0.2) is 4.98 Å². The molecule has 34 heavy (non-hydrogen) atoms. The quantitative estimate of drug-likeness (QED) is 0.237. The van der Waals surface area contributed by atoms with Gasteiger partial charge in [0, 0.05) is 17.3 Å². The average molecular weight is 474 g/mol. The lowest BCUT2D eigenvalue weighted by molar-refractivity contribution is -0.115. The number of carbonyl (C=O) groups is 2. The number of methoxy groups -OCH3 is 1. The van der Waals surface area contributed by atoms with Crippen molar-refractivity contribution in [3.05, 3.63) is 88.7 Å². The molecule has 0 saturated carbocycles. The number of para-hydroxylation sites is 1. The highest BCUT2D eigenvalue weighted by molar-refractivity contribution is 8.00. The number of ketones is 1. The van der Waals surface area contributed by atoms with Gasteiger partial charge in [-0.05, 0) is 62.4 Å². The summed E-state index contributed by atoms with van der Waals surface area (Å²) < 4.78 is 6.83. The fourth-order valence-corrected chi connectivity index (χ4v) is 4.34. The Balaban J connectivity index is 1.68. The van der Waals surface area contributed by atoms with Crippen molar-refractivity contribution in [2.75, 3.05) is 12.4 Å². The van der Waals surface area contributed by atoms with Crippen LogP contribution in [0.25, 0.3) is 16.6 Å². The van der Waals surface area contributed by atoms with Gasteiger partial charge in [-0.1, -0.05) is 30.0 Å². The van der Waals surface area contributed by atoms with Crippen LogP contribution in [0.3, 0.4) is 0 Å². The zero-order chi connectivity index (χ0) is 24.2. The van der Waals surface area contributed by atoms with Crippen molar-refractivity contribution in [2.45, 2.75) is 24.3 Å². The first-order valence-electron chi connectivity index (χ1n) is 10.6. The van der Waals surface area contributed by atoms with E-state index in [2.05, 4.69) is 5.32 Å². The first kappa shape index (κ1) is 23.3. The number of Topliss-reactive ketones (excluding diaryl/α,β-unsaturated/α-hetero) is 1. The fourth-order valence-electron chi connectivity index (χ4n) is 3.41. The van der Waals surface area contributed by atoms with Crippen LogP contribution in [0.5, 0.6) is 5.75 Å². The molecule has 4 aromatic rings. The maximum absolute atomic E-state index is 13.4. The van der Waals surface area contributed by atoms with Crippen LogP contribution in [0, 0.1) is 0 Å². The molecular formula is C26H23N3O4S. The third-order valence-electron chi connectivity index (χ3n) is 5.27. The predicted octanol–water partition coefficient (Wildman–Crippen LogP) is 4.72. The molecule has 0 bridgehead atoms. The molecule has 1 N–H and O–H groups in total. The van der Waals surface area contributed by atoms with Gasteiger partial charge in [-0.3, -0.25) is 19.0 Å². The van der Waals surface area contributed by atoms with E-state index in [1.807, 2.05) is 6.07 Å². The number of anilines is 1. The number of nitrogens with one attached hydrogen (secondary N) is 1. The lowest BCUT2D eigenvalue weighted by atomic mass is 10.1. The van der Waals surface area contributed by atoms with Gasteiger partial charge in [-0.2, -0.15) is 0 Å². The molecule has 0 fully saturated rings. The minimum Gasteiger partial charge on any atom is -0.497 e. The van der Waals surface area contributed by atoms with Crippen molar-refractivity contribution in [2.24, 2.45) is 0 Å². The smallest absolute Gasteiger partial charge is 0.266 e. The van der Waals surface area contributed by atoms with Crippen LogP contribution < -0.4 is 15.6 Å². The second kappa shape index (κ2) is 9.93. The summed E-state index contributed by atoms with van der Waals surface area (Å²) in [6, 6.07) is 21.0. The first-order valence-corrected chi connectivity index (χ1v) is 11.5. The summed E-state index contributed by atoms with van der Waals surface area (Å²) in [5.74, 6) is 0.313. The van der Waals surface area contributed by atoms with Crippen molar-refractivity contribution in [1.29, 1.82) is 0 Å². The molecule has 1 atom stereocenters. The number of thioether (sulfide) groups is 1. The Labute approximate surface area is 200 Å². The van der Waals surface area contributed by atoms with E-state index in [1.165, 1.54) is 23.3 Å². The van der Waals surface area contributed by atoms with Gasteiger partial charge in [0.05, 0.1) is 29.0 Å². The van der Waals surface area contributed by atoms with Crippen molar-refractivity contribution in [1.82, 2.24) is 9.55 Å². The Morgan fingerprint density at radius 3 is 2.47 bits per heavy atom. The number of hydrogen-bond acceptors (Lipinski definition) is 6. The van der Waals surface area contributed by atoms with Crippen LogP contribution in [-0.2, 0) is 4.79 Å². The normalized spacial score (nSPS) is 11.7. The fraction of sp³-hybridized carbons (Fsp3) is 0.154. The molecule has 172 valence electrons. The van der Waals surface area contributed by atoms with Gasteiger partial charge in [-0.15, -0.1) is 0 Å². The van der Waals surface area contributed by atoms with E-state index in [1.54, 1.807) is 80.8 Å². The lowest BCUT2D eigenvalue weighted by Crippen LogP contribution is -2.26. The van der Waals surface area contributed by atoms with E-state index >= 15 is 0 Å². The minimum atomic E-state index is -0.558. The van der Waals surface area contributed by atoms with Gasteiger partial charge < -0.3 is 10.1 Å². The van der Waals surface area contributed by atoms with Crippen LogP contribution in [0.2, 0.25) is 0 Å². The Morgan fingerprint density at radius 2 is 1.76 bits per heavy atom. The van der Waals surface area contributed by atoms with Gasteiger partial charge >= 0.3 is 0 Å². The van der Waals surface area contributed by atoms with Crippen LogP contribution in [-0.4, -0.2) is 33.6 Å². The van der Waals surface area contributed by atoms with Crippen LogP contribution >= 0.6 is 11.8 Å². The van der Waals surface area contributed by atoms with Crippen molar-refractivity contribution in [3.63, 3.8) is 0 Å².